The molecule has 4 heteroatoms. The van der Waals surface area contributed by atoms with Gasteiger partial charge in [0.2, 0.25) is 0 Å². The predicted molar refractivity (Wildman–Crippen MR) is 58.0 cm³/mol. The minimum Gasteiger partial charge on any atom is -0.462 e. The summed E-state index contributed by atoms with van der Waals surface area (Å²) < 4.78 is 8.88. The summed E-state index contributed by atoms with van der Waals surface area (Å²) in [5, 5.41) is 0. The fraction of sp³-hybridized carbons (Fsp3) is 0.455. The van der Waals surface area contributed by atoms with Gasteiger partial charge in [-0.15, -0.1) is 0 Å². The van der Waals surface area contributed by atoms with Gasteiger partial charge in [0.15, 0.2) is 0 Å². The van der Waals surface area contributed by atoms with E-state index in [0.29, 0.717) is 12.2 Å². The van der Waals surface area contributed by atoms with Crippen LogP contribution in [0.3, 0.4) is 0 Å². The largest absolute Gasteiger partial charge is 0.462 e. The highest BCUT2D eigenvalue weighted by Crippen LogP contribution is 1.91. The average molecular weight is 214 g/mol. The molecule has 0 aliphatic rings. The molecular weight excluding hydrogens is 196 g/mol. The maximum atomic E-state index is 10.6. The number of esters is 2. The van der Waals surface area contributed by atoms with Crippen LogP contribution in [0.25, 0.3) is 0 Å². The van der Waals surface area contributed by atoms with E-state index >= 15 is 0 Å². The second-order valence-corrected chi connectivity index (χ2v) is 2.69. The highest BCUT2D eigenvalue weighted by Gasteiger charge is 1.99. The molecule has 0 unspecified atom stereocenters. The first-order valence-corrected chi connectivity index (χ1v) is 4.56. The molecule has 0 aromatic carbocycles. The molecule has 0 atom stereocenters. The average Bonchev–Trinajstić information content (AvgIpc) is 2.14. The quantitative estimate of drug-likeness (QED) is 0.409. The Morgan fingerprint density at radius 1 is 1.33 bits per heavy atom. The molecule has 0 aliphatic heterocycles. The Hall–Kier alpha value is -1.58. The van der Waals surface area contributed by atoms with Gasteiger partial charge in [-0.05, 0) is 13.3 Å². The van der Waals surface area contributed by atoms with Gasteiger partial charge in [0.05, 0.1) is 12.9 Å². The molecule has 4 nitrogen and oxygen atoms in total. The Morgan fingerprint density at radius 3 is 2.07 bits per heavy atom. The molecule has 0 saturated heterocycles. The molecule has 0 amide bonds. The van der Waals surface area contributed by atoms with E-state index in [1.807, 2.05) is 6.92 Å². The summed E-state index contributed by atoms with van der Waals surface area (Å²) in [5.74, 6) is -0.623. The van der Waals surface area contributed by atoms with Crippen LogP contribution in [0.15, 0.2) is 25.0 Å². The van der Waals surface area contributed by atoms with Crippen molar-refractivity contribution in [2.45, 2.75) is 27.2 Å². The summed E-state index contributed by atoms with van der Waals surface area (Å²) >= 11 is 0. The van der Waals surface area contributed by atoms with Crippen LogP contribution in [0.2, 0.25) is 0 Å². The van der Waals surface area contributed by atoms with Gasteiger partial charge in [-0.2, -0.15) is 0 Å². The monoisotopic (exact) mass is 214 g/mol. The van der Waals surface area contributed by atoms with Crippen LogP contribution >= 0.6 is 0 Å². The summed E-state index contributed by atoms with van der Waals surface area (Å²) in [4.78, 5) is 20.3. The van der Waals surface area contributed by atoms with Gasteiger partial charge in [-0.25, -0.2) is 4.79 Å². The minimum absolute atomic E-state index is 0.295. The molecule has 0 aromatic heterocycles. The highest BCUT2D eigenvalue weighted by molar-refractivity contribution is 5.86. The Labute approximate surface area is 90.6 Å². The van der Waals surface area contributed by atoms with Crippen molar-refractivity contribution in [2.75, 3.05) is 6.61 Å². The molecule has 0 bridgehead atoms. The normalized spacial score (nSPS) is 7.93. The number of carbonyl (C=O) groups excluding carboxylic acids is 2. The topological polar surface area (TPSA) is 52.6 Å². The van der Waals surface area contributed by atoms with Crippen molar-refractivity contribution in [3.05, 3.63) is 25.0 Å². The highest BCUT2D eigenvalue weighted by atomic mass is 16.5. The summed E-state index contributed by atoms with van der Waals surface area (Å²) in [7, 11) is 0. The second kappa shape index (κ2) is 10.5. The molecule has 0 fully saturated rings. The van der Waals surface area contributed by atoms with E-state index in [2.05, 4.69) is 17.9 Å². The number of hydrogen-bond acceptors (Lipinski definition) is 4. The van der Waals surface area contributed by atoms with E-state index in [1.165, 1.54) is 6.92 Å². The summed E-state index contributed by atoms with van der Waals surface area (Å²) in [6, 6.07) is 0. The molecule has 0 rings (SSSR count). The van der Waals surface area contributed by atoms with E-state index in [4.69, 9.17) is 4.74 Å². The van der Waals surface area contributed by atoms with Crippen LogP contribution in [0, 0.1) is 0 Å². The van der Waals surface area contributed by atoms with Crippen LogP contribution < -0.4 is 0 Å². The zero-order chi connectivity index (χ0) is 12.3. The smallest absolute Gasteiger partial charge is 0.333 e. The van der Waals surface area contributed by atoms with Crippen molar-refractivity contribution in [1.29, 1.82) is 0 Å². The maximum absolute atomic E-state index is 10.6. The van der Waals surface area contributed by atoms with Crippen molar-refractivity contribution >= 4 is 11.9 Å². The third kappa shape index (κ3) is 15.2. The van der Waals surface area contributed by atoms with Crippen molar-refractivity contribution in [3.8, 4) is 0 Å². The van der Waals surface area contributed by atoms with Crippen molar-refractivity contribution in [1.82, 2.24) is 0 Å². The van der Waals surface area contributed by atoms with Gasteiger partial charge < -0.3 is 9.47 Å². The number of hydrogen-bond donors (Lipinski definition) is 0. The number of rotatable bonds is 4. The van der Waals surface area contributed by atoms with Crippen LogP contribution in [0.4, 0.5) is 0 Å². The van der Waals surface area contributed by atoms with E-state index < -0.39 is 0 Å². The molecule has 0 heterocycles. The minimum atomic E-state index is -0.329. The Bertz CT molecular complexity index is 231. The van der Waals surface area contributed by atoms with Gasteiger partial charge in [0.1, 0.15) is 0 Å². The van der Waals surface area contributed by atoms with Gasteiger partial charge in [0.25, 0.3) is 0 Å². The first-order valence-electron chi connectivity index (χ1n) is 4.56. The molecule has 15 heavy (non-hydrogen) atoms. The first-order chi connectivity index (χ1) is 6.95. The molecule has 0 spiro atoms. The molecular formula is C11H18O4. The fourth-order valence-corrected chi connectivity index (χ4v) is 0.435. The SMILES string of the molecule is C=C(C)C(=O)OCCC.C=COC(C)=O. The lowest BCUT2D eigenvalue weighted by Crippen LogP contribution is -2.04. The van der Waals surface area contributed by atoms with Crippen LogP contribution in [0.5, 0.6) is 0 Å². The standard InChI is InChI=1S/C7H12O2.C4H6O2/c1-4-5-9-7(8)6(2)3;1-3-6-4(2)5/h2,4-5H2,1,3H3;3H,1H2,2H3. The molecule has 0 aliphatic carbocycles. The van der Waals surface area contributed by atoms with Gasteiger partial charge in [-0.3, -0.25) is 4.79 Å². The van der Waals surface area contributed by atoms with E-state index in [-0.39, 0.29) is 11.9 Å². The number of carbonyl (C=O) groups is 2. The maximum Gasteiger partial charge on any atom is 0.333 e. The van der Waals surface area contributed by atoms with Gasteiger partial charge in [0, 0.05) is 12.5 Å². The van der Waals surface area contributed by atoms with Crippen molar-refractivity contribution in [2.24, 2.45) is 0 Å². The molecule has 0 radical (unpaired) electrons. The Balaban J connectivity index is 0. The lowest BCUT2D eigenvalue weighted by molar-refractivity contribution is -0.139. The summed E-state index contributed by atoms with van der Waals surface area (Å²) in [6.45, 7) is 12.0. The molecule has 0 aromatic rings. The third-order valence-electron chi connectivity index (χ3n) is 1.04. The van der Waals surface area contributed by atoms with Gasteiger partial charge in [-0.1, -0.05) is 20.1 Å². The predicted octanol–water partition coefficient (Wildman–Crippen LogP) is 2.21. The zero-order valence-electron chi connectivity index (χ0n) is 9.54. The first kappa shape index (κ1) is 15.9. The van der Waals surface area contributed by atoms with E-state index in [1.54, 1.807) is 6.92 Å². The summed E-state index contributed by atoms with van der Waals surface area (Å²) in [5.41, 5.74) is 0.462. The van der Waals surface area contributed by atoms with Crippen LogP contribution in [0.1, 0.15) is 27.2 Å². The fourth-order valence-electron chi connectivity index (χ4n) is 0.435. The van der Waals surface area contributed by atoms with E-state index in [9.17, 15) is 9.59 Å². The van der Waals surface area contributed by atoms with Crippen LogP contribution in [-0.2, 0) is 19.1 Å². The zero-order valence-corrected chi connectivity index (χ0v) is 9.54. The molecule has 86 valence electrons. The Kier molecular flexibility index (Phi) is 11.1. The molecule has 0 saturated carbocycles. The molecule has 0 N–H and O–H groups in total. The Morgan fingerprint density at radius 2 is 1.87 bits per heavy atom. The van der Waals surface area contributed by atoms with Crippen molar-refractivity contribution in [3.63, 3.8) is 0 Å². The number of ether oxygens (including phenoxy) is 2. The lowest BCUT2D eigenvalue weighted by Gasteiger charge is -1.99. The summed E-state index contributed by atoms with van der Waals surface area (Å²) in [6.07, 6.45) is 1.96. The van der Waals surface area contributed by atoms with Crippen molar-refractivity contribution < 1.29 is 19.1 Å². The second-order valence-electron chi connectivity index (χ2n) is 2.69. The van der Waals surface area contributed by atoms with Gasteiger partial charge >= 0.3 is 11.9 Å². The van der Waals surface area contributed by atoms with Crippen LogP contribution in [-0.4, -0.2) is 18.5 Å². The lowest BCUT2D eigenvalue weighted by atomic mass is 10.4. The third-order valence-corrected chi connectivity index (χ3v) is 1.04. The van der Waals surface area contributed by atoms with E-state index in [0.717, 1.165) is 12.7 Å².